The van der Waals surface area contributed by atoms with E-state index in [0.29, 0.717) is 27.1 Å². The summed E-state index contributed by atoms with van der Waals surface area (Å²) < 4.78 is 1.34. The van der Waals surface area contributed by atoms with E-state index in [9.17, 15) is 9.59 Å². The Bertz CT molecular complexity index is 884. The third-order valence-electron chi connectivity index (χ3n) is 4.87. The van der Waals surface area contributed by atoms with E-state index in [1.807, 2.05) is 25.7 Å². The molecule has 0 bridgehead atoms. The van der Waals surface area contributed by atoms with Crippen molar-refractivity contribution in [2.24, 2.45) is 13.0 Å². The second kappa shape index (κ2) is 6.71. The summed E-state index contributed by atoms with van der Waals surface area (Å²) in [7, 11) is 1.64. The smallest absolute Gasteiger partial charge is 0.277 e. The first-order chi connectivity index (χ1) is 11.8. The van der Waals surface area contributed by atoms with Crippen molar-refractivity contribution >= 4 is 17.2 Å². The molecule has 1 aliphatic rings. The number of hydrogen-bond donors (Lipinski definition) is 0. The Kier molecular flexibility index (Phi) is 4.77. The van der Waals surface area contributed by atoms with E-state index >= 15 is 0 Å². The van der Waals surface area contributed by atoms with Gasteiger partial charge in [0.25, 0.3) is 11.5 Å². The van der Waals surface area contributed by atoms with Gasteiger partial charge in [0.1, 0.15) is 9.88 Å². The molecule has 1 saturated heterocycles. The fraction of sp³-hybridized carbons (Fsp3) is 0.556. The maximum absolute atomic E-state index is 12.9. The standard InChI is InChI=1S/C18H24N4O2S/c1-10-7-6-8-22(9-10)18(24)15-13(4)19-16(25-15)14-11(2)12(3)20-21(5)17(14)23/h10H,6-9H2,1-5H3. The zero-order valence-corrected chi connectivity index (χ0v) is 16.2. The van der Waals surface area contributed by atoms with Gasteiger partial charge in [-0.15, -0.1) is 11.3 Å². The number of amides is 1. The number of rotatable bonds is 2. The van der Waals surface area contributed by atoms with Crippen LogP contribution in [0.3, 0.4) is 0 Å². The predicted molar refractivity (Wildman–Crippen MR) is 99.1 cm³/mol. The van der Waals surface area contributed by atoms with Gasteiger partial charge in [-0.3, -0.25) is 9.59 Å². The topological polar surface area (TPSA) is 68.1 Å². The largest absolute Gasteiger partial charge is 0.338 e. The van der Waals surface area contributed by atoms with E-state index in [4.69, 9.17) is 0 Å². The summed E-state index contributed by atoms with van der Waals surface area (Å²) in [5.41, 5.74) is 2.68. The van der Waals surface area contributed by atoms with Crippen molar-refractivity contribution in [3.8, 4) is 10.6 Å². The van der Waals surface area contributed by atoms with Gasteiger partial charge in [0, 0.05) is 20.1 Å². The van der Waals surface area contributed by atoms with Crippen molar-refractivity contribution in [3.05, 3.63) is 32.2 Å². The minimum absolute atomic E-state index is 0.0352. The Morgan fingerprint density at radius 1 is 1.24 bits per heavy atom. The lowest BCUT2D eigenvalue weighted by Gasteiger charge is -2.30. The number of thiazole rings is 1. The van der Waals surface area contributed by atoms with Crippen LogP contribution in [0.1, 0.15) is 46.4 Å². The van der Waals surface area contributed by atoms with Crippen molar-refractivity contribution in [1.29, 1.82) is 0 Å². The molecule has 0 radical (unpaired) electrons. The summed E-state index contributed by atoms with van der Waals surface area (Å²) in [6.45, 7) is 9.36. The predicted octanol–water partition coefficient (Wildman–Crippen LogP) is 2.70. The molecule has 1 fully saturated rings. The zero-order valence-electron chi connectivity index (χ0n) is 15.4. The van der Waals surface area contributed by atoms with E-state index in [2.05, 4.69) is 17.0 Å². The second-order valence-corrected chi connectivity index (χ2v) is 7.95. The van der Waals surface area contributed by atoms with Crippen LogP contribution in [0.2, 0.25) is 0 Å². The molecule has 6 nitrogen and oxygen atoms in total. The minimum atomic E-state index is -0.178. The summed E-state index contributed by atoms with van der Waals surface area (Å²) in [5, 5.41) is 4.82. The summed E-state index contributed by atoms with van der Waals surface area (Å²) in [6.07, 6.45) is 2.21. The minimum Gasteiger partial charge on any atom is -0.338 e. The van der Waals surface area contributed by atoms with Gasteiger partial charge in [-0.25, -0.2) is 9.67 Å². The lowest BCUT2D eigenvalue weighted by molar-refractivity contribution is 0.0687. The highest BCUT2D eigenvalue weighted by atomic mass is 32.1. The number of likely N-dealkylation sites (tertiary alicyclic amines) is 1. The number of hydrogen-bond acceptors (Lipinski definition) is 5. The van der Waals surface area contributed by atoms with Crippen LogP contribution >= 0.6 is 11.3 Å². The van der Waals surface area contributed by atoms with E-state index < -0.39 is 0 Å². The third kappa shape index (κ3) is 3.25. The lowest BCUT2D eigenvalue weighted by Crippen LogP contribution is -2.39. The number of carbonyl (C=O) groups excluding carboxylic acids is 1. The van der Waals surface area contributed by atoms with Gasteiger partial charge >= 0.3 is 0 Å². The molecule has 1 amide bonds. The molecule has 0 aliphatic carbocycles. The zero-order chi connectivity index (χ0) is 18.3. The molecule has 7 heteroatoms. The lowest BCUT2D eigenvalue weighted by atomic mass is 10.0. The highest BCUT2D eigenvalue weighted by Crippen LogP contribution is 2.30. The molecule has 134 valence electrons. The van der Waals surface area contributed by atoms with Crippen molar-refractivity contribution in [1.82, 2.24) is 19.7 Å². The number of piperidine rings is 1. The molecule has 2 aromatic rings. The van der Waals surface area contributed by atoms with Gasteiger partial charge < -0.3 is 4.90 Å². The van der Waals surface area contributed by atoms with Crippen molar-refractivity contribution < 1.29 is 4.79 Å². The summed E-state index contributed by atoms with van der Waals surface area (Å²) in [6, 6.07) is 0. The van der Waals surface area contributed by atoms with E-state index in [0.717, 1.165) is 30.8 Å². The molecule has 1 aliphatic heterocycles. The van der Waals surface area contributed by atoms with Crippen molar-refractivity contribution in [2.45, 2.75) is 40.5 Å². The van der Waals surface area contributed by atoms with E-state index in [1.54, 1.807) is 7.05 Å². The highest BCUT2D eigenvalue weighted by molar-refractivity contribution is 7.17. The molecule has 0 aromatic carbocycles. The van der Waals surface area contributed by atoms with Gasteiger partial charge in [-0.05, 0) is 45.1 Å². The first kappa shape index (κ1) is 17.8. The molecule has 1 unspecified atom stereocenters. The molecule has 3 rings (SSSR count). The molecular formula is C18H24N4O2S. The highest BCUT2D eigenvalue weighted by Gasteiger charge is 2.27. The van der Waals surface area contributed by atoms with Gasteiger partial charge in [-0.2, -0.15) is 5.10 Å². The molecule has 0 spiro atoms. The van der Waals surface area contributed by atoms with Gasteiger partial charge in [0.15, 0.2) is 0 Å². The Labute approximate surface area is 151 Å². The van der Waals surface area contributed by atoms with Gasteiger partial charge in [-0.1, -0.05) is 6.92 Å². The Morgan fingerprint density at radius 3 is 2.64 bits per heavy atom. The fourth-order valence-corrected chi connectivity index (χ4v) is 4.45. The van der Waals surface area contributed by atoms with Gasteiger partial charge in [0.05, 0.1) is 17.0 Å². The van der Waals surface area contributed by atoms with Crippen LogP contribution in [-0.2, 0) is 7.05 Å². The summed E-state index contributed by atoms with van der Waals surface area (Å²) in [4.78, 5) is 32.6. The molecular weight excluding hydrogens is 336 g/mol. The molecule has 25 heavy (non-hydrogen) atoms. The Balaban J connectivity index is 2.02. The molecule has 2 aromatic heterocycles. The number of carbonyl (C=O) groups is 1. The summed E-state index contributed by atoms with van der Waals surface area (Å²) in [5.74, 6) is 0.566. The maximum atomic E-state index is 12.9. The Morgan fingerprint density at radius 2 is 1.96 bits per heavy atom. The van der Waals surface area contributed by atoms with Crippen molar-refractivity contribution in [3.63, 3.8) is 0 Å². The SMILES string of the molecule is Cc1nc(-c2c(C)c(C)nn(C)c2=O)sc1C(=O)N1CCCC(C)C1. The van der Waals surface area contributed by atoms with Crippen LogP contribution in [0.15, 0.2) is 4.79 Å². The second-order valence-electron chi connectivity index (χ2n) is 6.95. The third-order valence-corrected chi connectivity index (χ3v) is 6.04. The van der Waals surface area contributed by atoms with Crippen LogP contribution in [0.4, 0.5) is 0 Å². The normalized spacial score (nSPS) is 17.8. The van der Waals surface area contributed by atoms with E-state index in [-0.39, 0.29) is 11.5 Å². The summed E-state index contributed by atoms with van der Waals surface area (Å²) >= 11 is 1.32. The first-order valence-electron chi connectivity index (χ1n) is 8.61. The number of nitrogens with zero attached hydrogens (tertiary/aromatic N) is 4. The molecule has 0 N–H and O–H groups in total. The maximum Gasteiger partial charge on any atom is 0.277 e. The Hall–Kier alpha value is -2.02. The average Bonchev–Trinajstić information content (AvgIpc) is 2.94. The monoisotopic (exact) mass is 360 g/mol. The number of aromatic nitrogens is 3. The first-order valence-corrected chi connectivity index (χ1v) is 9.42. The van der Waals surface area contributed by atoms with E-state index in [1.165, 1.54) is 22.4 Å². The average molecular weight is 360 g/mol. The quantitative estimate of drug-likeness (QED) is 0.826. The van der Waals surface area contributed by atoms with Crippen molar-refractivity contribution in [2.75, 3.05) is 13.1 Å². The molecule has 3 heterocycles. The van der Waals surface area contributed by atoms with Crippen LogP contribution in [0, 0.1) is 26.7 Å². The number of aryl methyl sites for hydroxylation is 3. The van der Waals surface area contributed by atoms with Crippen LogP contribution < -0.4 is 5.56 Å². The molecule has 1 atom stereocenters. The van der Waals surface area contributed by atoms with Crippen LogP contribution in [-0.4, -0.2) is 38.7 Å². The fourth-order valence-electron chi connectivity index (χ4n) is 3.32. The van der Waals surface area contributed by atoms with Crippen LogP contribution in [0.5, 0.6) is 0 Å². The van der Waals surface area contributed by atoms with Crippen LogP contribution in [0.25, 0.3) is 10.6 Å². The molecule has 0 saturated carbocycles. The van der Waals surface area contributed by atoms with Gasteiger partial charge in [0.2, 0.25) is 0 Å².